The Hall–Kier alpha value is -1.94. The molecule has 126 valence electrons. The van der Waals surface area contributed by atoms with Crippen LogP contribution in [0.15, 0.2) is 36.4 Å². The van der Waals surface area contributed by atoms with Crippen LogP contribution >= 0.6 is 22.9 Å². The first-order valence-corrected chi connectivity index (χ1v) is 8.54. The lowest BCUT2D eigenvalue weighted by atomic mass is 10.2. The van der Waals surface area contributed by atoms with Crippen molar-refractivity contribution < 1.29 is 9.18 Å². The van der Waals surface area contributed by atoms with E-state index in [4.69, 9.17) is 16.9 Å². The summed E-state index contributed by atoms with van der Waals surface area (Å²) in [5.41, 5.74) is 0.587. The first kappa shape index (κ1) is 18.4. The molecule has 0 N–H and O–H groups in total. The highest BCUT2D eigenvalue weighted by Crippen LogP contribution is 2.22. The molecule has 1 aromatic heterocycles. The van der Waals surface area contributed by atoms with Crippen molar-refractivity contribution in [2.24, 2.45) is 0 Å². The Morgan fingerprint density at radius 3 is 2.58 bits per heavy atom. The molecule has 0 fully saturated rings. The Morgan fingerprint density at radius 1 is 1.29 bits per heavy atom. The number of thiophene rings is 1. The summed E-state index contributed by atoms with van der Waals surface area (Å²) in [5.74, 6) is -0.500. The Kier molecular flexibility index (Phi) is 6.73. The molecule has 24 heavy (non-hydrogen) atoms. The second kappa shape index (κ2) is 8.78. The molecule has 7 heteroatoms. The molecule has 1 aromatic carbocycles. The van der Waals surface area contributed by atoms with Gasteiger partial charge in [-0.05, 0) is 43.4 Å². The van der Waals surface area contributed by atoms with Crippen molar-refractivity contribution in [2.45, 2.75) is 13.0 Å². The van der Waals surface area contributed by atoms with E-state index in [2.05, 4.69) is 0 Å². The maximum Gasteiger partial charge on any atom is 0.241 e. The number of anilines is 1. The van der Waals surface area contributed by atoms with E-state index in [1.807, 2.05) is 30.1 Å². The van der Waals surface area contributed by atoms with Crippen LogP contribution in [0, 0.1) is 17.1 Å². The maximum absolute atomic E-state index is 13.1. The van der Waals surface area contributed by atoms with Gasteiger partial charge in [0.1, 0.15) is 5.82 Å². The van der Waals surface area contributed by atoms with Crippen LogP contribution in [-0.4, -0.2) is 30.9 Å². The molecule has 1 heterocycles. The molecule has 0 saturated carbocycles. The van der Waals surface area contributed by atoms with E-state index < -0.39 is 0 Å². The van der Waals surface area contributed by atoms with E-state index in [1.165, 1.54) is 28.4 Å². The smallest absolute Gasteiger partial charge is 0.241 e. The minimum absolute atomic E-state index is 0.137. The van der Waals surface area contributed by atoms with Crippen LogP contribution in [0.5, 0.6) is 0 Å². The van der Waals surface area contributed by atoms with Crippen LogP contribution in [0.4, 0.5) is 10.1 Å². The first-order chi connectivity index (χ1) is 11.5. The van der Waals surface area contributed by atoms with Gasteiger partial charge in [0.25, 0.3) is 0 Å². The van der Waals surface area contributed by atoms with Crippen molar-refractivity contribution in [3.63, 3.8) is 0 Å². The second-order valence-electron chi connectivity index (χ2n) is 5.31. The van der Waals surface area contributed by atoms with E-state index in [-0.39, 0.29) is 31.2 Å². The van der Waals surface area contributed by atoms with Crippen molar-refractivity contribution in [3.8, 4) is 6.07 Å². The van der Waals surface area contributed by atoms with Crippen LogP contribution in [0.2, 0.25) is 4.34 Å². The molecule has 4 nitrogen and oxygen atoms in total. The quantitative estimate of drug-likeness (QED) is 0.747. The topological polar surface area (TPSA) is 47.3 Å². The average Bonchev–Trinajstić information content (AvgIpc) is 2.94. The SMILES string of the molecule is CN(CC(=O)N(CCC#N)c1ccc(F)cc1)Cc1ccc(Cl)s1. The number of hydrogen-bond donors (Lipinski definition) is 0. The van der Waals surface area contributed by atoms with Crippen molar-refractivity contribution >= 4 is 34.5 Å². The highest BCUT2D eigenvalue weighted by molar-refractivity contribution is 7.16. The highest BCUT2D eigenvalue weighted by Gasteiger charge is 2.18. The van der Waals surface area contributed by atoms with E-state index in [0.29, 0.717) is 16.6 Å². The summed E-state index contributed by atoms with van der Waals surface area (Å²) in [4.78, 5) is 17.1. The predicted octanol–water partition coefficient (Wildman–Crippen LogP) is 3.92. The molecular weight excluding hydrogens is 349 g/mol. The Balaban J connectivity index is 2.03. The number of benzene rings is 1. The van der Waals surface area contributed by atoms with E-state index in [9.17, 15) is 9.18 Å². The lowest BCUT2D eigenvalue weighted by Gasteiger charge is -2.24. The predicted molar refractivity (Wildman–Crippen MR) is 94.6 cm³/mol. The average molecular weight is 366 g/mol. The van der Waals surface area contributed by atoms with Crippen LogP contribution in [0.1, 0.15) is 11.3 Å². The molecule has 0 atom stereocenters. The number of hydrogen-bond acceptors (Lipinski definition) is 4. The van der Waals surface area contributed by atoms with E-state index >= 15 is 0 Å². The van der Waals surface area contributed by atoms with Crippen molar-refractivity contribution in [1.82, 2.24) is 4.90 Å². The van der Waals surface area contributed by atoms with Crippen LogP contribution < -0.4 is 4.90 Å². The normalized spacial score (nSPS) is 10.6. The largest absolute Gasteiger partial charge is 0.310 e. The van der Waals surface area contributed by atoms with Gasteiger partial charge >= 0.3 is 0 Å². The van der Waals surface area contributed by atoms with Crippen LogP contribution in [0.25, 0.3) is 0 Å². The second-order valence-corrected chi connectivity index (χ2v) is 7.11. The summed E-state index contributed by atoms with van der Waals surface area (Å²) in [6, 6.07) is 11.5. The monoisotopic (exact) mass is 365 g/mol. The van der Waals surface area contributed by atoms with Crippen molar-refractivity contribution in [1.29, 1.82) is 5.26 Å². The summed E-state index contributed by atoms with van der Waals surface area (Å²) in [6.45, 7) is 1.08. The lowest BCUT2D eigenvalue weighted by molar-refractivity contribution is -0.119. The van der Waals surface area contributed by atoms with Gasteiger partial charge in [0.05, 0.1) is 23.4 Å². The Labute approximate surface area is 149 Å². The van der Waals surface area contributed by atoms with Gasteiger partial charge in [-0.2, -0.15) is 5.26 Å². The van der Waals surface area contributed by atoms with Crippen molar-refractivity contribution in [2.75, 3.05) is 25.0 Å². The zero-order chi connectivity index (χ0) is 17.5. The highest BCUT2D eigenvalue weighted by atomic mass is 35.5. The van der Waals surface area contributed by atoms with E-state index in [0.717, 1.165) is 4.88 Å². The third-order valence-corrected chi connectivity index (χ3v) is 4.56. The zero-order valence-corrected chi connectivity index (χ0v) is 14.8. The number of likely N-dealkylation sites (N-methyl/N-ethyl adjacent to an activating group) is 1. The number of rotatable bonds is 7. The number of carbonyl (C=O) groups excluding carboxylic acids is 1. The minimum Gasteiger partial charge on any atom is -0.310 e. The summed E-state index contributed by atoms with van der Waals surface area (Å²) >= 11 is 7.39. The number of carbonyl (C=O) groups is 1. The lowest BCUT2D eigenvalue weighted by Crippen LogP contribution is -2.39. The van der Waals surface area contributed by atoms with Gasteiger partial charge < -0.3 is 4.90 Å². The fraction of sp³-hybridized carbons (Fsp3) is 0.294. The Morgan fingerprint density at radius 2 is 2.00 bits per heavy atom. The van der Waals surface area contributed by atoms with Gasteiger partial charge in [0, 0.05) is 23.7 Å². The molecule has 1 amide bonds. The molecule has 0 bridgehead atoms. The molecule has 0 spiro atoms. The first-order valence-electron chi connectivity index (χ1n) is 7.35. The van der Waals surface area contributed by atoms with Crippen LogP contribution in [0.3, 0.4) is 0 Å². The van der Waals surface area contributed by atoms with Gasteiger partial charge in [0.15, 0.2) is 0 Å². The number of amides is 1. The van der Waals surface area contributed by atoms with E-state index in [1.54, 1.807) is 12.1 Å². The Bertz CT molecular complexity index is 726. The van der Waals surface area contributed by atoms with Crippen LogP contribution in [-0.2, 0) is 11.3 Å². The van der Waals surface area contributed by atoms with Gasteiger partial charge in [0.2, 0.25) is 5.91 Å². The fourth-order valence-electron chi connectivity index (χ4n) is 2.26. The summed E-state index contributed by atoms with van der Waals surface area (Å²) in [6.07, 6.45) is 0.216. The molecule has 2 rings (SSSR count). The van der Waals surface area contributed by atoms with Gasteiger partial charge in [-0.25, -0.2) is 4.39 Å². The van der Waals surface area contributed by atoms with Crippen molar-refractivity contribution in [3.05, 3.63) is 51.4 Å². The molecule has 0 aliphatic heterocycles. The molecule has 0 radical (unpaired) electrons. The molecule has 0 saturated heterocycles. The number of nitriles is 1. The van der Waals surface area contributed by atoms with Gasteiger partial charge in [-0.3, -0.25) is 9.69 Å². The zero-order valence-electron chi connectivity index (χ0n) is 13.2. The summed E-state index contributed by atoms with van der Waals surface area (Å²) in [7, 11) is 1.85. The van der Waals surface area contributed by atoms with Gasteiger partial charge in [-0.1, -0.05) is 11.6 Å². The van der Waals surface area contributed by atoms with Gasteiger partial charge in [-0.15, -0.1) is 11.3 Å². The third-order valence-electron chi connectivity index (χ3n) is 3.35. The maximum atomic E-state index is 13.1. The molecule has 0 unspecified atom stereocenters. The fourth-order valence-corrected chi connectivity index (χ4v) is 3.42. The standard InChI is InChI=1S/C17H17ClFN3OS/c1-21(11-15-7-8-16(18)24-15)12-17(23)22(10-2-9-20)14-5-3-13(19)4-6-14/h3-8H,2,10-12H2,1H3. The molecule has 0 aliphatic rings. The third kappa shape index (κ3) is 5.31. The summed E-state index contributed by atoms with van der Waals surface area (Å²) < 4.78 is 13.8. The number of halogens is 2. The molecule has 0 aliphatic carbocycles. The minimum atomic E-state index is -0.363. The molecular formula is C17H17ClFN3OS. The molecule has 2 aromatic rings. The summed E-state index contributed by atoms with van der Waals surface area (Å²) in [5, 5.41) is 8.80. The number of nitrogens with zero attached hydrogens (tertiary/aromatic N) is 3.